The van der Waals surface area contributed by atoms with Crippen molar-refractivity contribution in [2.45, 2.75) is 38.8 Å². The molecule has 1 aromatic carbocycles. The van der Waals surface area contributed by atoms with Gasteiger partial charge in [-0.2, -0.15) is 0 Å². The van der Waals surface area contributed by atoms with Crippen molar-refractivity contribution >= 4 is 21.8 Å². The second-order valence-electron chi connectivity index (χ2n) is 4.94. The molecule has 1 heterocycles. The Balaban J connectivity index is 2.26. The van der Waals surface area contributed by atoms with Crippen molar-refractivity contribution in [1.29, 1.82) is 0 Å². The van der Waals surface area contributed by atoms with Crippen molar-refractivity contribution in [2.75, 3.05) is 13.2 Å². The van der Waals surface area contributed by atoms with Crippen molar-refractivity contribution in [2.24, 2.45) is 5.73 Å². The lowest BCUT2D eigenvalue weighted by molar-refractivity contribution is -0.127. The van der Waals surface area contributed by atoms with Crippen LogP contribution < -0.4 is 20.5 Å². The number of carbonyl (C=O) groups is 1. The summed E-state index contributed by atoms with van der Waals surface area (Å²) in [5, 5.41) is 2.87. The average molecular weight is 357 g/mol. The maximum absolute atomic E-state index is 12.0. The van der Waals surface area contributed by atoms with Crippen LogP contribution in [0.4, 0.5) is 0 Å². The van der Waals surface area contributed by atoms with Gasteiger partial charge in [-0.1, -0.05) is 0 Å². The summed E-state index contributed by atoms with van der Waals surface area (Å²) in [5.41, 5.74) is 6.63. The Labute approximate surface area is 133 Å². The molecule has 1 aliphatic rings. The molecule has 0 radical (unpaired) electrons. The summed E-state index contributed by atoms with van der Waals surface area (Å²) in [6.07, 6.45) is 2.18. The van der Waals surface area contributed by atoms with Crippen LogP contribution in [-0.2, 0) is 11.3 Å². The summed E-state index contributed by atoms with van der Waals surface area (Å²) in [4.78, 5) is 12.0. The molecule has 0 aliphatic carbocycles. The molecule has 5 nitrogen and oxygen atoms in total. The van der Waals surface area contributed by atoms with E-state index in [0.717, 1.165) is 22.9 Å². The van der Waals surface area contributed by atoms with Gasteiger partial charge in [0.05, 0.1) is 11.1 Å². The molecule has 0 saturated carbocycles. The van der Waals surface area contributed by atoms with Gasteiger partial charge in [0, 0.05) is 13.1 Å². The Kier molecular flexibility index (Phi) is 5.87. The van der Waals surface area contributed by atoms with Crippen molar-refractivity contribution in [3.05, 3.63) is 22.2 Å². The molecule has 2 rings (SSSR count). The van der Waals surface area contributed by atoms with Crippen LogP contribution in [-0.4, -0.2) is 25.2 Å². The molecule has 116 valence electrons. The second kappa shape index (κ2) is 7.66. The van der Waals surface area contributed by atoms with Gasteiger partial charge in [-0.3, -0.25) is 4.79 Å². The van der Waals surface area contributed by atoms with E-state index in [1.807, 2.05) is 19.1 Å². The van der Waals surface area contributed by atoms with E-state index in [0.29, 0.717) is 37.6 Å². The van der Waals surface area contributed by atoms with E-state index in [4.69, 9.17) is 15.2 Å². The van der Waals surface area contributed by atoms with Crippen LogP contribution in [0, 0.1) is 0 Å². The second-order valence-corrected chi connectivity index (χ2v) is 5.79. The van der Waals surface area contributed by atoms with Gasteiger partial charge in [-0.05, 0) is 59.8 Å². The molecular weight excluding hydrogens is 336 g/mol. The van der Waals surface area contributed by atoms with Gasteiger partial charge in [-0.15, -0.1) is 0 Å². The highest BCUT2D eigenvalue weighted by atomic mass is 79.9. The maximum Gasteiger partial charge on any atom is 0.261 e. The standard InChI is InChI=1S/C15H21BrN2O3/c1-2-20-13-8-10(9-17)7-11(16)14(13)21-12-5-3-4-6-18-15(12)19/h7-8,12H,2-6,9,17H2,1H3,(H,18,19). The minimum absolute atomic E-state index is 0.0650. The molecule has 0 spiro atoms. The Morgan fingerprint density at radius 3 is 2.95 bits per heavy atom. The van der Waals surface area contributed by atoms with Crippen LogP contribution in [0.3, 0.4) is 0 Å². The monoisotopic (exact) mass is 356 g/mol. The van der Waals surface area contributed by atoms with E-state index in [9.17, 15) is 4.79 Å². The molecule has 3 N–H and O–H groups in total. The van der Waals surface area contributed by atoms with E-state index < -0.39 is 6.10 Å². The topological polar surface area (TPSA) is 73.6 Å². The molecule has 1 saturated heterocycles. The molecule has 1 fully saturated rings. The highest BCUT2D eigenvalue weighted by molar-refractivity contribution is 9.10. The summed E-state index contributed by atoms with van der Waals surface area (Å²) in [6, 6.07) is 3.75. The molecule has 1 unspecified atom stereocenters. The van der Waals surface area contributed by atoms with E-state index in [-0.39, 0.29) is 5.91 Å². The maximum atomic E-state index is 12.0. The van der Waals surface area contributed by atoms with Crippen LogP contribution in [0.15, 0.2) is 16.6 Å². The van der Waals surface area contributed by atoms with Gasteiger partial charge in [-0.25, -0.2) is 0 Å². The number of rotatable bonds is 5. The number of nitrogens with one attached hydrogen (secondary N) is 1. The SMILES string of the molecule is CCOc1cc(CN)cc(Br)c1OC1CCCCNC1=O. The Morgan fingerprint density at radius 2 is 2.24 bits per heavy atom. The number of carbonyl (C=O) groups excluding carboxylic acids is 1. The Hall–Kier alpha value is -1.27. The molecule has 21 heavy (non-hydrogen) atoms. The fourth-order valence-electron chi connectivity index (χ4n) is 2.28. The molecule has 1 amide bonds. The fraction of sp³-hybridized carbons (Fsp3) is 0.533. The molecular formula is C15H21BrN2O3. The predicted molar refractivity (Wildman–Crippen MR) is 84.5 cm³/mol. The van der Waals surface area contributed by atoms with Crippen molar-refractivity contribution in [1.82, 2.24) is 5.32 Å². The van der Waals surface area contributed by atoms with E-state index in [1.165, 1.54) is 0 Å². The minimum Gasteiger partial charge on any atom is -0.490 e. The Bertz CT molecular complexity index is 508. The zero-order chi connectivity index (χ0) is 15.2. The smallest absolute Gasteiger partial charge is 0.261 e. The Morgan fingerprint density at radius 1 is 1.43 bits per heavy atom. The van der Waals surface area contributed by atoms with Gasteiger partial charge < -0.3 is 20.5 Å². The molecule has 6 heteroatoms. The minimum atomic E-state index is -0.480. The molecule has 0 aromatic heterocycles. The molecule has 0 bridgehead atoms. The molecule has 1 aliphatic heterocycles. The van der Waals surface area contributed by atoms with Crippen LogP contribution in [0.2, 0.25) is 0 Å². The zero-order valence-electron chi connectivity index (χ0n) is 12.2. The normalized spacial score (nSPS) is 18.8. The fourth-order valence-corrected chi connectivity index (χ4v) is 2.87. The summed E-state index contributed by atoms with van der Waals surface area (Å²) >= 11 is 3.48. The largest absolute Gasteiger partial charge is 0.490 e. The van der Waals surface area contributed by atoms with Crippen molar-refractivity contribution in [3.63, 3.8) is 0 Å². The first kappa shape index (κ1) is 16.1. The quantitative estimate of drug-likeness (QED) is 0.849. The highest BCUT2D eigenvalue weighted by Crippen LogP contribution is 2.38. The van der Waals surface area contributed by atoms with E-state index in [1.54, 1.807) is 0 Å². The molecule has 1 aromatic rings. The van der Waals surface area contributed by atoms with Gasteiger partial charge in [0.15, 0.2) is 17.6 Å². The first-order valence-corrected chi connectivity index (χ1v) is 8.04. The van der Waals surface area contributed by atoms with Crippen LogP contribution in [0.25, 0.3) is 0 Å². The number of benzene rings is 1. The third-order valence-electron chi connectivity index (χ3n) is 3.35. The third-order valence-corrected chi connectivity index (χ3v) is 3.94. The van der Waals surface area contributed by atoms with Crippen LogP contribution >= 0.6 is 15.9 Å². The van der Waals surface area contributed by atoms with Crippen molar-refractivity contribution < 1.29 is 14.3 Å². The number of amides is 1. The van der Waals surface area contributed by atoms with Gasteiger partial charge in [0.2, 0.25) is 0 Å². The van der Waals surface area contributed by atoms with Crippen LogP contribution in [0.5, 0.6) is 11.5 Å². The first-order valence-electron chi connectivity index (χ1n) is 7.25. The number of nitrogens with two attached hydrogens (primary N) is 1. The van der Waals surface area contributed by atoms with Crippen molar-refractivity contribution in [3.8, 4) is 11.5 Å². The van der Waals surface area contributed by atoms with E-state index in [2.05, 4.69) is 21.2 Å². The van der Waals surface area contributed by atoms with E-state index >= 15 is 0 Å². The summed E-state index contributed by atoms with van der Waals surface area (Å²) in [7, 11) is 0. The lowest BCUT2D eigenvalue weighted by Gasteiger charge is -2.20. The van der Waals surface area contributed by atoms with Gasteiger partial charge in [0.1, 0.15) is 0 Å². The summed E-state index contributed by atoms with van der Waals surface area (Å²) in [5.74, 6) is 1.12. The molecule has 1 atom stereocenters. The number of hydrogen-bond donors (Lipinski definition) is 2. The summed E-state index contributed by atoms with van der Waals surface area (Å²) in [6.45, 7) is 3.56. The van der Waals surface area contributed by atoms with Gasteiger partial charge >= 0.3 is 0 Å². The summed E-state index contributed by atoms with van der Waals surface area (Å²) < 4.78 is 12.3. The number of halogens is 1. The average Bonchev–Trinajstić information content (AvgIpc) is 2.67. The number of ether oxygens (including phenoxy) is 2. The predicted octanol–water partition coefficient (Wildman–Crippen LogP) is 2.35. The zero-order valence-corrected chi connectivity index (χ0v) is 13.7. The van der Waals surface area contributed by atoms with Crippen LogP contribution in [0.1, 0.15) is 31.7 Å². The first-order chi connectivity index (χ1) is 10.2. The highest BCUT2D eigenvalue weighted by Gasteiger charge is 2.25. The van der Waals surface area contributed by atoms with Gasteiger partial charge in [0.25, 0.3) is 5.91 Å². The third kappa shape index (κ3) is 4.11. The number of hydrogen-bond acceptors (Lipinski definition) is 4. The lowest BCUT2D eigenvalue weighted by Crippen LogP contribution is -2.36. The lowest BCUT2D eigenvalue weighted by atomic mass is 10.1.